The summed E-state index contributed by atoms with van der Waals surface area (Å²) in [4.78, 5) is 15.1. The van der Waals surface area contributed by atoms with Crippen molar-refractivity contribution >= 4 is 17.4 Å². The van der Waals surface area contributed by atoms with Crippen LogP contribution in [0.25, 0.3) is 0 Å². The van der Waals surface area contributed by atoms with Gasteiger partial charge in [-0.2, -0.15) is 0 Å². The maximum atomic E-state index is 14.2. The molecule has 0 fully saturated rings. The molecule has 0 bridgehead atoms. The number of unbranched alkanes of at least 4 members (excludes halogenated alkanes) is 1. The number of hydrogen-bond donors (Lipinski definition) is 2. The molecule has 2 amide bonds. The second-order valence-electron chi connectivity index (χ2n) is 9.88. The molecule has 0 aromatic heterocycles. The van der Waals surface area contributed by atoms with Crippen LogP contribution < -0.4 is 15.5 Å². The Labute approximate surface area is 207 Å². The van der Waals surface area contributed by atoms with Crippen LogP contribution in [0.5, 0.6) is 0 Å². The summed E-state index contributed by atoms with van der Waals surface area (Å²) in [5.41, 5.74) is 8.06. The highest BCUT2D eigenvalue weighted by Crippen LogP contribution is 2.49. The van der Waals surface area contributed by atoms with E-state index in [1.807, 2.05) is 6.07 Å². The number of benzene rings is 3. The molecule has 2 heterocycles. The fraction of sp³-hybridized carbons (Fsp3) is 0.367. The third-order valence-electron chi connectivity index (χ3n) is 7.38. The van der Waals surface area contributed by atoms with E-state index in [2.05, 4.69) is 65.8 Å². The molecule has 0 aliphatic carbocycles. The van der Waals surface area contributed by atoms with Crippen LogP contribution in [0.15, 0.2) is 60.7 Å². The molecule has 2 atom stereocenters. The summed E-state index contributed by atoms with van der Waals surface area (Å²) in [7, 11) is 0. The normalized spacial score (nSPS) is 18.7. The molecule has 0 radical (unpaired) electrons. The zero-order chi connectivity index (χ0) is 24.4. The van der Waals surface area contributed by atoms with Crippen molar-refractivity contribution in [3.05, 3.63) is 94.3 Å². The zero-order valence-electron chi connectivity index (χ0n) is 20.6. The van der Waals surface area contributed by atoms with Crippen molar-refractivity contribution in [2.75, 3.05) is 29.9 Å². The highest BCUT2D eigenvalue weighted by Gasteiger charge is 2.35. The Kier molecular flexibility index (Phi) is 6.76. The van der Waals surface area contributed by atoms with E-state index in [-0.39, 0.29) is 23.7 Å². The fourth-order valence-electron chi connectivity index (χ4n) is 5.72. The summed E-state index contributed by atoms with van der Waals surface area (Å²) in [5.74, 6) is 0.147. The molecular formula is C30H34FN3O. The second-order valence-corrected chi connectivity index (χ2v) is 9.88. The van der Waals surface area contributed by atoms with Gasteiger partial charge in [0.1, 0.15) is 5.82 Å². The molecule has 0 saturated carbocycles. The average molecular weight is 472 g/mol. The molecule has 2 N–H and O–H groups in total. The number of nitrogens with zero attached hydrogens (tertiary/aromatic N) is 1. The van der Waals surface area contributed by atoms with Gasteiger partial charge in [-0.15, -0.1) is 0 Å². The number of amides is 2. The predicted molar refractivity (Wildman–Crippen MR) is 141 cm³/mol. The Morgan fingerprint density at radius 1 is 0.971 bits per heavy atom. The van der Waals surface area contributed by atoms with Crippen molar-refractivity contribution in [3.63, 3.8) is 0 Å². The molecule has 4 nitrogen and oxygen atoms in total. The van der Waals surface area contributed by atoms with E-state index in [9.17, 15) is 9.18 Å². The van der Waals surface area contributed by atoms with Crippen LogP contribution in [-0.4, -0.2) is 25.7 Å². The lowest BCUT2D eigenvalue weighted by Gasteiger charge is -2.43. The highest BCUT2D eigenvalue weighted by atomic mass is 19.1. The first-order valence-corrected chi connectivity index (χ1v) is 12.8. The Morgan fingerprint density at radius 2 is 1.63 bits per heavy atom. The van der Waals surface area contributed by atoms with Gasteiger partial charge < -0.3 is 15.5 Å². The lowest BCUT2D eigenvalue weighted by atomic mass is 9.76. The second kappa shape index (κ2) is 10.1. The summed E-state index contributed by atoms with van der Waals surface area (Å²) in [6.07, 6.45) is 3.95. The van der Waals surface area contributed by atoms with E-state index < -0.39 is 0 Å². The van der Waals surface area contributed by atoms with E-state index in [1.165, 1.54) is 34.0 Å². The topological polar surface area (TPSA) is 44.4 Å². The Morgan fingerprint density at radius 3 is 2.26 bits per heavy atom. The van der Waals surface area contributed by atoms with E-state index in [4.69, 9.17) is 0 Å². The number of urea groups is 1. The molecule has 3 aromatic carbocycles. The van der Waals surface area contributed by atoms with Gasteiger partial charge in [-0.3, -0.25) is 0 Å². The molecule has 2 aliphatic heterocycles. The van der Waals surface area contributed by atoms with Crippen LogP contribution in [0, 0.1) is 12.7 Å². The van der Waals surface area contributed by atoms with Gasteiger partial charge in [0.05, 0.1) is 0 Å². The van der Waals surface area contributed by atoms with Crippen molar-refractivity contribution in [1.82, 2.24) is 5.32 Å². The van der Waals surface area contributed by atoms with Gasteiger partial charge >= 0.3 is 6.03 Å². The maximum Gasteiger partial charge on any atom is 0.319 e. The Bertz CT molecular complexity index is 1150. The van der Waals surface area contributed by atoms with Crippen LogP contribution >= 0.6 is 0 Å². The van der Waals surface area contributed by atoms with Crippen molar-refractivity contribution in [3.8, 4) is 0 Å². The first-order chi connectivity index (χ1) is 17.0. The molecule has 5 heteroatoms. The zero-order valence-corrected chi connectivity index (χ0v) is 20.6. The van der Waals surface area contributed by atoms with Gasteiger partial charge in [0, 0.05) is 42.8 Å². The van der Waals surface area contributed by atoms with Gasteiger partial charge in [0.2, 0.25) is 0 Å². The third-order valence-corrected chi connectivity index (χ3v) is 7.38. The third kappa shape index (κ3) is 4.90. The van der Waals surface area contributed by atoms with Gasteiger partial charge in [-0.1, -0.05) is 55.3 Å². The molecular weight excluding hydrogens is 437 g/mol. The lowest BCUT2D eigenvalue weighted by molar-refractivity contribution is 0.252. The lowest BCUT2D eigenvalue weighted by Crippen LogP contribution is -2.38. The monoisotopic (exact) mass is 471 g/mol. The number of carbonyl (C=O) groups is 1. The molecule has 3 aromatic rings. The first kappa shape index (κ1) is 23.4. The summed E-state index contributed by atoms with van der Waals surface area (Å²) >= 11 is 0. The van der Waals surface area contributed by atoms with Crippen LogP contribution in [0.4, 0.5) is 20.6 Å². The first-order valence-electron chi connectivity index (χ1n) is 12.8. The van der Waals surface area contributed by atoms with Crippen molar-refractivity contribution in [2.24, 2.45) is 0 Å². The minimum absolute atomic E-state index is 0.0943. The molecule has 0 spiro atoms. The van der Waals surface area contributed by atoms with Crippen LogP contribution in [0.2, 0.25) is 0 Å². The molecule has 0 saturated heterocycles. The SMILES string of the molecule is CCCCNC(=O)Nc1cc2c3c(c1)[C@H](c1cccc(F)c1)CCN3CC[C@H]2c1cccc(C)c1. The molecule has 182 valence electrons. The Hall–Kier alpha value is -3.34. The molecule has 5 rings (SSSR count). The molecule has 2 aliphatic rings. The van der Waals surface area contributed by atoms with Gasteiger partial charge in [-0.25, -0.2) is 9.18 Å². The van der Waals surface area contributed by atoms with E-state index in [0.717, 1.165) is 50.0 Å². The van der Waals surface area contributed by atoms with Crippen LogP contribution in [0.3, 0.4) is 0 Å². The summed E-state index contributed by atoms with van der Waals surface area (Å²) < 4.78 is 14.2. The summed E-state index contributed by atoms with van der Waals surface area (Å²) in [5, 5.41) is 6.05. The largest absolute Gasteiger partial charge is 0.371 e. The van der Waals surface area contributed by atoms with E-state index in [0.29, 0.717) is 6.54 Å². The predicted octanol–water partition coefficient (Wildman–Crippen LogP) is 6.93. The fourth-order valence-corrected chi connectivity index (χ4v) is 5.72. The number of hydrogen-bond acceptors (Lipinski definition) is 2. The maximum absolute atomic E-state index is 14.2. The average Bonchev–Trinajstić information content (AvgIpc) is 2.84. The van der Waals surface area contributed by atoms with Gasteiger partial charge in [-0.05, 0) is 72.7 Å². The van der Waals surface area contributed by atoms with Crippen LogP contribution in [0.1, 0.15) is 72.3 Å². The smallest absolute Gasteiger partial charge is 0.319 e. The minimum atomic E-state index is -0.207. The van der Waals surface area contributed by atoms with Crippen molar-refractivity contribution in [2.45, 2.75) is 51.4 Å². The van der Waals surface area contributed by atoms with Crippen LogP contribution in [-0.2, 0) is 0 Å². The van der Waals surface area contributed by atoms with Gasteiger partial charge in [0.15, 0.2) is 0 Å². The van der Waals surface area contributed by atoms with Crippen molar-refractivity contribution in [1.29, 1.82) is 0 Å². The number of rotatable bonds is 6. The summed E-state index contributed by atoms with van der Waals surface area (Å²) in [6.45, 7) is 6.85. The highest BCUT2D eigenvalue weighted by molar-refractivity contribution is 5.90. The standard InChI is InChI=1S/C30H34FN3O/c1-3-4-13-32-30(35)33-24-18-27-25(21-8-5-7-20(2)16-21)11-14-34-15-12-26(28(19-24)29(27)34)22-9-6-10-23(31)17-22/h5-10,16-19,25-26H,3-4,11-15H2,1-2H3,(H2,32,33,35)/t25-,26-/m0/s1. The number of halogens is 1. The summed E-state index contributed by atoms with van der Waals surface area (Å²) in [6, 6.07) is 19.8. The number of aryl methyl sites for hydroxylation is 1. The van der Waals surface area contributed by atoms with E-state index in [1.54, 1.807) is 12.1 Å². The number of nitrogens with one attached hydrogen (secondary N) is 2. The van der Waals surface area contributed by atoms with Gasteiger partial charge in [0.25, 0.3) is 0 Å². The Balaban J connectivity index is 1.60. The number of anilines is 2. The van der Waals surface area contributed by atoms with Crippen molar-refractivity contribution < 1.29 is 9.18 Å². The minimum Gasteiger partial charge on any atom is -0.371 e. The quantitative estimate of drug-likeness (QED) is 0.383. The van der Waals surface area contributed by atoms with E-state index >= 15 is 0 Å². The molecule has 0 unspecified atom stereocenters. The molecule has 35 heavy (non-hydrogen) atoms. The number of carbonyl (C=O) groups excluding carboxylic acids is 1.